The standard InChI is InChI=1S/C11H11BrN6O2/c12-8-1-3-9(4-2-8)15-10(19)5-13-11(20)6-18-7-14-16-17-18/h1-4,7H,5-6H2,(H,13,20)(H,15,19). The fourth-order valence-corrected chi connectivity index (χ4v) is 1.64. The molecular formula is C11H11BrN6O2. The molecular weight excluding hydrogens is 328 g/mol. The number of tetrazole rings is 1. The zero-order chi connectivity index (χ0) is 14.4. The molecule has 0 aliphatic rings. The average molecular weight is 339 g/mol. The first-order valence-corrected chi connectivity index (χ1v) is 6.45. The number of carbonyl (C=O) groups excluding carboxylic acids is 2. The first-order chi connectivity index (χ1) is 9.63. The van der Waals surface area contributed by atoms with Crippen molar-refractivity contribution in [2.24, 2.45) is 0 Å². The Morgan fingerprint density at radius 1 is 1.20 bits per heavy atom. The minimum Gasteiger partial charge on any atom is -0.345 e. The van der Waals surface area contributed by atoms with E-state index in [9.17, 15) is 9.59 Å². The number of hydrogen-bond donors (Lipinski definition) is 2. The minimum atomic E-state index is -0.344. The van der Waals surface area contributed by atoms with Gasteiger partial charge in [-0.25, -0.2) is 4.68 Å². The lowest BCUT2D eigenvalue weighted by molar-refractivity contribution is -0.124. The molecule has 0 bridgehead atoms. The fourth-order valence-electron chi connectivity index (χ4n) is 1.37. The van der Waals surface area contributed by atoms with Crippen molar-refractivity contribution < 1.29 is 9.59 Å². The molecule has 1 heterocycles. The lowest BCUT2D eigenvalue weighted by atomic mass is 10.3. The van der Waals surface area contributed by atoms with Crippen LogP contribution in [0.2, 0.25) is 0 Å². The van der Waals surface area contributed by atoms with E-state index in [0.29, 0.717) is 5.69 Å². The van der Waals surface area contributed by atoms with Crippen molar-refractivity contribution in [2.75, 3.05) is 11.9 Å². The van der Waals surface area contributed by atoms with Crippen molar-refractivity contribution >= 4 is 33.4 Å². The van der Waals surface area contributed by atoms with Crippen molar-refractivity contribution in [1.82, 2.24) is 25.5 Å². The van der Waals surface area contributed by atoms with Crippen LogP contribution in [0, 0.1) is 0 Å². The maximum Gasteiger partial charge on any atom is 0.243 e. The zero-order valence-electron chi connectivity index (χ0n) is 10.3. The quantitative estimate of drug-likeness (QED) is 0.810. The fraction of sp³-hybridized carbons (Fsp3) is 0.182. The monoisotopic (exact) mass is 338 g/mol. The summed E-state index contributed by atoms with van der Waals surface area (Å²) in [4.78, 5) is 23.1. The third kappa shape index (κ3) is 4.43. The van der Waals surface area contributed by atoms with Crippen LogP contribution in [0.15, 0.2) is 35.1 Å². The summed E-state index contributed by atoms with van der Waals surface area (Å²) in [5, 5.41) is 15.5. The average Bonchev–Trinajstić information content (AvgIpc) is 2.92. The molecule has 0 saturated heterocycles. The number of rotatable bonds is 5. The number of hydrogen-bond acceptors (Lipinski definition) is 5. The molecule has 0 aliphatic heterocycles. The smallest absolute Gasteiger partial charge is 0.243 e. The van der Waals surface area contributed by atoms with Crippen LogP contribution in [-0.2, 0) is 16.1 Å². The van der Waals surface area contributed by atoms with Gasteiger partial charge in [0.15, 0.2) is 0 Å². The van der Waals surface area contributed by atoms with Crippen molar-refractivity contribution in [3.63, 3.8) is 0 Å². The number of aromatic nitrogens is 4. The molecule has 2 amide bonds. The van der Waals surface area contributed by atoms with Gasteiger partial charge in [0.1, 0.15) is 12.9 Å². The Morgan fingerprint density at radius 2 is 1.95 bits per heavy atom. The molecule has 0 saturated carbocycles. The topological polar surface area (TPSA) is 102 Å². The number of nitrogens with zero attached hydrogens (tertiary/aromatic N) is 4. The number of benzene rings is 1. The van der Waals surface area contributed by atoms with E-state index in [0.717, 1.165) is 4.47 Å². The summed E-state index contributed by atoms with van der Waals surface area (Å²) in [6, 6.07) is 7.13. The van der Waals surface area contributed by atoms with Gasteiger partial charge < -0.3 is 10.6 Å². The minimum absolute atomic E-state index is 0.0292. The van der Waals surface area contributed by atoms with Crippen LogP contribution >= 0.6 is 15.9 Å². The van der Waals surface area contributed by atoms with E-state index in [1.165, 1.54) is 11.0 Å². The summed E-state index contributed by atoms with van der Waals surface area (Å²) in [6.45, 7) is -0.143. The normalized spacial score (nSPS) is 10.1. The summed E-state index contributed by atoms with van der Waals surface area (Å²) >= 11 is 3.30. The molecule has 0 radical (unpaired) electrons. The Kier molecular flexibility index (Phi) is 4.77. The molecule has 1 aromatic heterocycles. The number of amides is 2. The summed E-state index contributed by atoms with van der Waals surface area (Å²) in [6.07, 6.45) is 1.32. The third-order valence-corrected chi connectivity index (χ3v) is 2.80. The number of carbonyl (C=O) groups is 2. The second-order valence-corrected chi connectivity index (χ2v) is 4.75. The molecule has 0 fully saturated rings. The van der Waals surface area contributed by atoms with Gasteiger partial charge >= 0.3 is 0 Å². The first-order valence-electron chi connectivity index (χ1n) is 5.66. The second-order valence-electron chi connectivity index (χ2n) is 3.84. The van der Waals surface area contributed by atoms with Gasteiger partial charge in [-0.2, -0.15) is 0 Å². The van der Waals surface area contributed by atoms with Crippen molar-refractivity contribution in [3.8, 4) is 0 Å². The summed E-state index contributed by atoms with van der Waals surface area (Å²) in [7, 11) is 0. The molecule has 9 heteroatoms. The molecule has 104 valence electrons. The highest BCUT2D eigenvalue weighted by atomic mass is 79.9. The molecule has 1 aromatic carbocycles. The van der Waals surface area contributed by atoms with Crippen LogP contribution in [0.1, 0.15) is 0 Å². The van der Waals surface area contributed by atoms with E-state index in [2.05, 4.69) is 42.1 Å². The predicted octanol–water partition coefficient (Wildman–Crippen LogP) is 0.190. The molecule has 2 rings (SSSR count). The molecule has 2 aromatic rings. The SMILES string of the molecule is O=C(Cn1cnnn1)NCC(=O)Nc1ccc(Br)cc1. The van der Waals surface area contributed by atoms with E-state index in [1.807, 2.05) is 12.1 Å². The number of anilines is 1. The van der Waals surface area contributed by atoms with Gasteiger partial charge in [0.2, 0.25) is 11.8 Å². The van der Waals surface area contributed by atoms with E-state index >= 15 is 0 Å². The maximum absolute atomic E-state index is 11.6. The van der Waals surface area contributed by atoms with E-state index in [4.69, 9.17) is 0 Å². The van der Waals surface area contributed by atoms with Crippen LogP contribution in [0.4, 0.5) is 5.69 Å². The Morgan fingerprint density at radius 3 is 2.60 bits per heavy atom. The van der Waals surface area contributed by atoms with Gasteiger partial charge in [0.25, 0.3) is 0 Å². The number of nitrogens with one attached hydrogen (secondary N) is 2. The van der Waals surface area contributed by atoms with Gasteiger partial charge in [-0.1, -0.05) is 15.9 Å². The molecule has 8 nitrogen and oxygen atoms in total. The Hall–Kier alpha value is -2.29. The Balaban J connectivity index is 1.74. The predicted molar refractivity (Wildman–Crippen MR) is 73.6 cm³/mol. The van der Waals surface area contributed by atoms with Crippen LogP contribution in [-0.4, -0.2) is 38.6 Å². The third-order valence-electron chi connectivity index (χ3n) is 2.27. The van der Waals surface area contributed by atoms with Crippen LogP contribution in [0.25, 0.3) is 0 Å². The molecule has 0 unspecified atom stereocenters. The highest BCUT2D eigenvalue weighted by Gasteiger charge is 2.07. The molecule has 2 N–H and O–H groups in total. The summed E-state index contributed by atoms with van der Waals surface area (Å²) in [5.41, 5.74) is 0.660. The van der Waals surface area contributed by atoms with Crippen LogP contribution in [0.3, 0.4) is 0 Å². The Labute approximate surface area is 122 Å². The lowest BCUT2D eigenvalue weighted by Gasteiger charge is -2.06. The summed E-state index contributed by atoms with van der Waals surface area (Å²) in [5.74, 6) is -0.652. The molecule has 0 atom stereocenters. The first kappa shape index (κ1) is 14.1. The molecule has 20 heavy (non-hydrogen) atoms. The highest BCUT2D eigenvalue weighted by molar-refractivity contribution is 9.10. The largest absolute Gasteiger partial charge is 0.345 e. The number of halogens is 1. The van der Waals surface area contributed by atoms with Crippen molar-refractivity contribution in [1.29, 1.82) is 0 Å². The summed E-state index contributed by atoms with van der Waals surface area (Å²) < 4.78 is 2.19. The Bertz CT molecular complexity index is 583. The molecule has 0 aliphatic carbocycles. The van der Waals surface area contributed by atoms with Gasteiger partial charge in [-0.3, -0.25) is 9.59 Å². The van der Waals surface area contributed by atoms with Gasteiger partial charge in [-0.15, -0.1) is 5.10 Å². The van der Waals surface area contributed by atoms with E-state index < -0.39 is 0 Å². The van der Waals surface area contributed by atoms with Gasteiger partial charge in [0.05, 0.1) is 6.54 Å². The van der Waals surface area contributed by atoms with Gasteiger partial charge in [-0.05, 0) is 34.7 Å². The van der Waals surface area contributed by atoms with Crippen LogP contribution < -0.4 is 10.6 Å². The van der Waals surface area contributed by atoms with Crippen molar-refractivity contribution in [3.05, 3.63) is 35.1 Å². The highest BCUT2D eigenvalue weighted by Crippen LogP contribution is 2.13. The van der Waals surface area contributed by atoms with Crippen LogP contribution in [0.5, 0.6) is 0 Å². The van der Waals surface area contributed by atoms with E-state index in [1.54, 1.807) is 12.1 Å². The van der Waals surface area contributed by atoms with Crippen molar-refractivity contribution in [2.45, 2.75) is 6.54 Å². The maximum atomic E-state index is 11.6. The van der Waals surface area contributed by atoms with E-state index in [-0.39, 0.29) is 24.9 Å². The lowest BCUT2D eigenvalue weighted by Crippen LogP contribution is -2.35. The van der Waals surface area contributed by atoms with Gasteiger partial charge in [0, 0.05) is 10.2 Å². The second kappa shape index (κ2) is 6.75. The molecule has 0 spiro atoms. The zero-order valence-corrected chi connectivity index (χ0v) is 11.9.